The monoisotopic (exact) mass is 325 g/mol. The van der Waals surface area contributed by atoms with Crippen molar-refractivity contribution in [1.82, 2.24) is 4.57 Å². The molecular weight excluding hydrogens is 309 g/mol. The number of rotatable bonds is 5. The van der Waals surface area contributed by atoms with Crippen LogP contribution < -0.4 is 29.6 Å². The fourth-order valence-corrected chi connectivity index (χ4v) is 3.35. The maximum absolute atomic E-state index is 10.7. The van der Waals surface area contributed by atoms with Gasteiger partial charge >= 0.3 is 29.6 Å². The molecule has 0 saturated heterocycles. The zero-order chi connectivity index (χ0) is 14.9. The molecule has 0 amide bonds. The van der Waals surface area contributed by atoms with Crippen molar-refractivity contribution in [2.24, 2.45) is 0 Å². The largest absolute Gasteiger partial charge is 1.00 e. The van der Waals surface area contributed by atoms with E-state index in [1.54, 1.807) is 0 Å². The third-order valence-corrected chi connectivity index (χ3v) is 4.49. The second-order valence-corrected chi connectivity index (χ2v) is 6.68. The van der Waals surface area contributed by atoms with Gasteiger partial charge in [0.2, 0.25) is 0 Å². The third-order valence-electron chi connectivity index (χ3n) is 3.71. The zero-order valence-corrected chi connectivity index (χ0v) is 15.3. The van der Waals surface area contributed by atoms with Gasteiger partial charge in [0.1, 0.15) is 0 Å². The van der Waals surface area contributed by atoms with Crippen LogP contribution in [0.1, 0.15) is 12.8 Å². The number of hydrogen-bond donors (Lipinski definition) is 0. The molecule has 4 nitrogen and oxygen atoms in total. The first-order valence-electron chi connectivity index (χ1n) is 6.96. The van der Waals surface area contributed by atoms with Crippen LogP contribution in [0.4, 0.5) is 0 Å². The second-order valence-electron chi connectivity index (χ2n) is 5.15. The van der Waals surface area contributed by atoms with Crippen molar-refractivity contribution < 1.29 is 42.5 Å². The summed E-state index contributed by atoms with van der Waals surface area (Å²) in [6.07, 6.45) is 1.07. The number of benzene rings is 2. The number of nitrogens with zero attached hydrogens (tertiary/aromatic N) is 1. The van der Waals surface area contributed by atoms with Gasteiger partial charge in [-0.05, 0) is 25.0 Å². The molecule has 6 heteroatoms. The summed E-state index contributed by atoms with van der Waals surface area (Å²) in [7, 11) is -4.11. The van der Waals surface area contributed by atoms with E-state index in [2.05, 4.69) is 28.8 Å². The Labute approximate surface area is 152 Å². The van der Waals surface area contributed by atoms with Crippen LogP contribution in [0.15, 0.2) is 48.5 Å². The standard InChI is InChI=1S/C16H17NO3S.Na/c18-21(19,20)12-6-5-11-17-15-9-3-1-7-13(15)14-8-2-4-10-16(14)17;/h1-4,7-10H,5-6,11-12H2,(H,18,19,20);/q;+1/p-1. The minimum Gasteiger partial charge on any atom is -0.748 e. The first-order chi connectivity index (χ1) is 10.1. The van der Waals surface area contributed by atoms with Crippen LogP contribution >= 0.6 is 0 Å². The molecule has 110 valence electrons. The Bertz CT molecular complexity index is 833. The Hall–Kier alpha value is -0.850. The summed E-state index contributed by atoms with van der Waals surface area (Å²) in [5, 5.41) is 2.40. The Balaban J connectivity index is 0.00000176. The van der Waals surface area contributed by atoms with E-state index in [1.807, 2.05) is 24.3 Å². The first kappa shape index (κ1) is 17.5. The van der Waals surface area contributed by atoms with Gasteiger partial charge in [-0.2, -0.15) is 0 Å². The Kier molecular flexibility index (Phi) is 5.69. The van der Waals surface area contributed by atoms with Crippen LogP contribution in [0.2, 0.25) is 0 Å². The van der Waals surface area contributed by atoms with Crippen LogP contribution in [0, 0.1) is 0 Å². The minimum absolute atomic E-state index is 0. The molecule has 22 heavy (non-hydrogen) atoms. The summed E-state index contributed by atoms with van der Waals surface area (Å²) < 4.78 is 34.2. The molecule has 3 aromatic rings. The van der Waals surface area contributed by atoms with Crippen molar-refractivity contribution in [2.45, 2.75) is 19.4 Å². The van der Waals surface area contributed by atoms with E-state index >= 15 is 0 Å². The molecule has 1 heterocycles. The van der Waals surface area contributed by atoms with E-state index in [0.717, 1.165) is 11.0 Å². The van der Waals surface area contributed by atoms with E-state index < -0.39 is 10.1 Å². The second kappa shape index (κ2) is 7.15. The van der Waals surface area contributed by atoms with Crippen molar-refractivity contribution >= 4 is 31.9 Å². The quantitative estimate of drug-likeness (QED) is 0.380. The topological polar surface area (TPSA) is 62.1 Å². The molecule has 0 unspecified atom stereocenters. The van der Waals surface area contributed by atoms with Crippen molar-refractivity contribution in [1.29, 1.82) is 0 Å². The maximum Gasteiger partial charge on any atom is 1.00 e. The minimum atomic E-state index is -4.11. The summed E-state index contributed by atoms with van der Waals surface area (Å²) in [4.78, 5) is 0. The van der Waals surface area contributed by atoms with Crippen molar-refractivity contribution in [2.75, 3.05) is 5.75 Å². The number of aromatic nitrogens is 1. The summed E-state index contributed by atoms with van der Waals surface area (Å²) >= 11 is 0. The molecule has 0 aliphatic carbocycles. The predicted molar refractivity (Wildman–Crippen MR) is 83.2 cm³/mol. The van der Waals surface area contributed by atoms with Gasteiger partial charge < -0.3 is 9.12 Å². The molecule has 0 aliphatic rings. The van der Waals surface area contributed by atoms with Crippen molar-refractivity contribution in [3.8, 4) is 0 Å². The third kappa shape index (κ3) is 3.73. The van der Waals surface area contributed by atoms with Gasteiger partial charge in [0.15, 0.2) is 0 Å². The number of fused-ring (bicyclic) bond motifs is 3. The number of unbranched alkanes of at least 4 members (excludes halogenated alkanes) is 1. The van der Waals surface area contributed by atoms with Crippen LogP contribution in [0.5, 0.6) is 0 Å². The molecule has 0 N–H and O–H groups in total. The normalized spacial score (nSPS) is 11.7. The van der Waals surface area contributed by atoms with Gasteiger partial charge in [0, 0.05) is 34.1 Å². The fourth-order valence-electron chi connectivity index (χ4n) is 2.79. The molecule has 0 fully saturated rings. The summed E-state index contributed by atoms with van der Waals surface area (Å²) in [6, 6.07) is 16.4. The van der Waals surface area contributed by atoms with Crippen LogP contribution in [-0.2, 0) is 16.7 Å². The molecule has 1 aromatic heterocycles. The first-order valence-corrected chi connectivity index (χ1v) is 8.53. The van der Waals surface area contributed by atoms with Crippen LogP contribution in [0.3, 0.4) is 0 Å². The Morgan fingerprint density at radius 3 is 1.86 bits per heavy atom. The molecule has 0 aliphatic heterocycles. The van der Waals surface area contributed by atoms with E-state index in [1.165, 1.54) is 10.8 Å². The van der Waals surface area contributed by atoms with E-state index in [0.29, 0.717) is 19.4 Å². The summed E-state index contributed by atoms with van der Waals surface area (Å²) in [5.41, 5.74) is 2.28. The van der Waals surface area contributed by atoms with E-state index in [-0.39, 0.29) is 35.3 Å². The molecule has 0 radical (unpaired) electrons. The average molecular weight is 325 g/mol. The van der Waals surface area contributed by atoms with Gasteiger partial charge in [-0.15, -0.1) is 0 Å². The Morgan fingerprint density at radius 1 is 0.864 bits per heavy atom. The SMILES string of the molecule is O=S(=O)([O-])CCCCn1c2ccccc2c2ccccc21.[Na+]. The average Bonchev–Trinajstić information content (AvgIpc) is 2.77. The van der Waals surface area contributed by atoms with Crippen LogP contribution in [0.25, 0.3) is 21.8 Å². The Morgan fingerprint density at radius 2 is 1.36 bits per heavy atom. The summed E-state index contributed by atoms with van der Waals surface area (Å²) in [6.45, 7) is 0.712. The molecule has 3 rings (SSSR count). The molecular formula is C16H16NNaO3S. The maximum atomic E-state index is 10.7. The molecule has 0 saturated carbocycles. The van der Waals surface area contributed by atoms with Gasteiger partial charge in [-0.3, -0.25) is 0 Å². The van der Waals surface area contributed by atoms with Crippen molar-refractivity contribution in [3.05, 3.63) is 48.5 Å². The number of aryl methyl sites for hydroxylation is 1. The van der Waals surface area contributed by atoms with E-state index in [9.17, 15) is 13.0 Å². The smallest absolute Gasteiger partial charge is 0.748 e. The molecule has 0 spiro atoms. The molecule has 2 aromatic carbocycles. The van der Waals surface area contributed by atoms with E-state index in [4.69, 9.17) is 0 Å². The summed E-state index contributed by atoms with van der Waals surface area (Å²) in [5.74, 6) is -0.288. The van der Waals surface area contributed by atoms with Gasteiger partial charge in [0.25, 0.3) is 0 Å². The van der Waals surface area contributed by atoms with Gasteiger partial charge in [-0.25, -0.2) is 8.42 Å². The van der Waals surface area contributed by atoms with Crippen molar-refractivity contribution in [3.63, 3.8) is 0 Å². The number of hydrogen-bond acceptors (Lipinski definition) is 3. The molecule has 0 bridgehead atoms. The predicted octanol–water partition coefficient (Wildman–Crippen LogP) is 0.124. The van der Waals surface area contributed by atoms with Crippen LogP contribution in [-0.4, -0.2) is 23.3 Å². The molecule has 0 atom stereocenters. The fraction of sp³-hybridized carbons (Fsp3) is 0.250. The number of para-hydroxylation sites is 2. The van der Waals surface area contributed by atoms with Gasteiger partial charge in [0.05, 0.1) is 10.1 Å². The van der Waals surface area contributed by atoms with Gasteiger partial charge in [-0.1, -0.05) is 36.4 Å². The zero-order valence-electron chi connectivity index (χ0n) is 12.5.